The predicted molar refractivity (Wildman–Crippen MR) is 130 cm³/mol. The predicted octanol–water partition coefficient (Wildman–Crippen LogP) is 2.94. The number of carboxylic acids is 1. The quantitative estimate of drug-likeness (QED) is 0.609. The van der Waals surface area contributed by atoms with Crippen molar-refractivity contribution in [2.75, 3.05) is 13.1 Å². The van der Waals surface area contributed by atoms with Crippen LogP contribution in [0, 0.1) is 6.92 Å². The van der Waals surface area contributed by atoms with Crippen LogP contribution in [0.15, 0.2) is 48.7 Å². The van der Waals surface area contributed by atoms with Crippen molar-refractivity contribution < 1.29 is 37.5 Å². The number of aryl methyl sites for hydroxylation is 1. The van der Waals surface area contributed by atoms with Gasteiger partial charge in [0.2, 0.25) is 11.8 Å². The van der Waals surface area contributed by atoms with Gasteiger partial charge < -0.3 is 20.2 Å². The summed E-state index contributed by atoms with van der Waals surface area (Å²) in [5.41, 5.74) is 2.31. The minimum absolute atomic E-state index is 0.107. The summed E-state index contributed by atoms with van der Waals surface area (Å²) in [7, 11) is 0. The Kier molecular flexibility index (Phi) is 9.43. The number of benzene rings is 1. The van der Waals surface area contributed by atoms with Crippen LogP contribution in [0.25, 0.3) is 0 Å². The Morgan fingerprint density at radius 2 is 1.58 bits per heavy atom. The van der Waals surface area contributed by atoms with Crippen molar-refractivity contribution in [1.82, 2.24) is 20.1 Å². The first-order valence-corrected chi connectivity index (χ1v) is 12.2. The lowest BCUT2D eigenvalue weighted by Crippen LogP contribution is -2.52. The third-order valence-electron chi connectivity index (χ3n) is 6.43. The number of aliphatic carboxylic acids is 1. The summed E-state index contributed by atoms with van der Waals surface area (Å²) in [6, 6.07) is 12.0. The first-order chi connectivity index (χ1) is 18.0. The zero-order chi connectivity index (χ0) is 27.9. The number of carboxylic acid groups (broad SMARTS) is 1. The Balaban J connectivity index is 0.000000505. The van der Waals surface area contributed by atoms with Crippen LogP contribution in [0.4, 0.5) is 13.2 Å². The van der Waals surface area contributed by atoms with E-state index in [4.69, 9.17) is 9.90 Å². The number of hydrogen-bond donors (Lipinski definition) is 2. The Bertz CT molecular complexity index is 1160. The SMILES string of the molecule is Cc1ccccc1C(=O)N1CCC[C@H]1C(=O)N1CCC[C@H]1C(=O)NCc1ccccn1.O=C(O)C(F)(F)F. The molecule has 0 aliphatic carbocycles. The minimum atomic E-state index is -5.08. The molecule has 0 bridgehead atoms. The summed E-state index contributed by atoms with van der Waals surface area (Å²) >= 11 is 0. The highest BCUT2D eigenvalue weighted by Crippen LogP contribution is 2.27. The van der Waals surface area contributed by atoms with Gasteiger partial charge in [0.05, 0.1) is 12.2 Å². The molecule has 2 aliphatic rings. The highest BCUT2D eigenvalue weighted by molar-refractivity contribution is 5.99. The number of pyridine rings is 1. The Morgan fingerprint density at radius 1 is 0.974 bits per heavy atom. The normalized spacial score (nSPS) is 18.9. The van der Waals surface area contributed by atoms with Gasteiger partial charge in [-0.2, -0.15) is 13.2 Å². The highest BCUT2D eigenvalue weighted by atomic mass is 19.4. The maximum atomic E-state index is 13.4. The summed E-state index contributed by atoms with van der Waals surface area (Å²) in [5, 5.41) is 10.0. The van der Waals surface area contributed by atoms with Crippen molar-refractivity contribution in [1.29, 1.82) is 0 Å². The van der Waals surface area contributed by atoms with Crippen LogP contribution in [-0.4, -0.2) is 74.9 Å². The number of nitrogens with zero attached hydrogens (tertiary/aromatic N) is 3. The molecule has 2 atom stereocenters. The molecule has 4 rings (SSSR count). The topological polar surface area (TPSA) is 120 Å². The molecule has 2 N–H and O–H groups in total. The number of carbonyl (C=O) groups is 4. The fraction of sp³-hybridized carbons (Fsp3) is 0.423. The number of alkyl halides is 3. The second-order valence-electron chi connectivity index (χ2n) is 9.00. The van der Waals surface area contributed by atoms with Gasteiger partial charge in [0.1, 0.15) is 12.1 Å². The monoisotopic (exact) mass is 534 g/mol. The fourth-order valence-corrected chi connectivity index (χ4v) is 4.53. The molecule has 0 radical (unpaired) electrons. The van der Waals surface area contributed by atoms with Gasteiger partial charge in [0, 0.05) is 24.8 Å². The molecule has 2 aromatic rings. The van der Waals surface area contributed by atoms with E-state index in [1.807, 2.05) is 43.3 Å². The summed E-state index contributed by atoms with van der Waals surface area (Å²) in [4.78, 5) is 55.8. The summed E-state index contributed by atoms with van der Waals surface area (Å²) in [5.74, 6) is -3.14. The molecule has 9 nitrogen and oxygen atoms in total. The lowest BCUT2D eigenvalue weighted by molar-refractivity contribution is -0.192. The molecule has 12 heteroatoms. The Morgan fingerprint density at radius 3 is 2.18 bits per heavy atom. The summed E-state index contributed by atoms with van der Waals surface area (Å²) < 4.78 is 31.7. The molecule has 204 valence electrons. The smallest absolute Gasteiger partial charge is 0.475 e. The average Bonchev–Trinajstić information content (AvgIpc) is 3.58. The zero-order valence-corrected chi connectivity index (χ0v) is 20.8. The van der Waals surface area contributed by atoms with Gasteiger partial charge in [-0.05, 0) is 56.4 Å². The van der Waals surface area contributed by atoms with Crippen LogP contribution < -0.4 is 5.32 Å². The van der Waals surface area contributed by atoms with Gasteiger partial charge in [-0.1, -0.05) is 24.3 Å². The van der Waals surface area contributed by atoms with Crippen molar-refractivity contribution in [3.63, 3.8) is 0 Å². The van der Waals surface area contributed by atoms with Gasteiger partial charge in [0.15, 0.2) is 0 Å². The van der Waals surface area contributed by atoms with Crippen LogP contribution in [0.1, 0.15) is 47.3 Å². The van der Waals surface area contributed by atoms with E-state index in [1.54, 1.807) is 22.1 Å². The lowest BCUT2D eigenvalue weighted by atomic mass is 10.1. The van der Waals surface area contributed by atoms with Crippen molar-refractivity contribution >= 4 is 23.7 Å². The molecule has 2 aliphatic heterocycles. The molecule has 2 saturated heterocycles. The molecule has 0 spiro atoms. The molecule has 38 heavy (non-hydrogen) atoms. The third kappa shape index (κ3) is 7.08. The van der Waals surface area contributed by atoms with Gasteiger partial charge in [-0.3, -0.25) is 19.4 Å². The molecular formula is C26H29F3N4O5. The number of amides is 3. The van der Waals surface area contributed by atoms with E-state index in [9.17, 15) is 27.6 Å². The van der Waals surface area contributed by atoms with E-state index >= 15 is 0 Å². The average molecular weight is 535 g/mol. The summed E-state index contributed by atoms with van der Waals surface area (Å²) in [6.45, 7) is 3.35. The first-order valence-electron chi connectivity index (χ1n) is 12.2. The molecule has 1 aromatic carbocycles. The first kappa shape index (κ1) is 28.6. The van der Waals surface area contributed by atoms with Gasteiger partial charge in [-0.15, -0.1) is 0 Å². The van der Waals surface area contributed by atoms with Crippen LogP contribution in [0.3, 0.4) is 0 Å². The van der Waals surface area contributed by atoms with E-state index in [1.165, 1.54) is 0 Å². The number of nitrogens with one attached hydrogen (secondary N) is 1. The minimum Gasteiger partial charge on any atom is -0.475 e. The number of likely N-dealkylation sites (tertiary alicyclic amines) is 2. The zero-order valence-electron chi connectivity index (χ0n) is 20.8. The molecule has 0 saturated carbocycles. The maximum absolute atomic E-state index is 13.4. The van der Waals surface area contributed by atoms with E-state index in [2.05, 4.69) is 10.3 Å². The van der Waals surface area contributed by atoms with Crippen LogP contribution in [-0.2, 0) is 20.9 Å². The van der Waals surface area contributed by atoms with Gasteiger partial charge in [0.25, 0.3) is 5.91 Å². The van der Waals surface area contributed by atoms with E-state index in [0.717, 1.165) is 24.1 Å². The van der Waals surface area contributed by atoms with E-state index in [0.29, 0.717) is 38.0 Å². The highest BCUT2D eigenvalue weighted by Gasteiger charge is 2.42. The molecule has 3 amide bonds. The second-order valence-corrected chi connectivity index (χ2v) is 9.00. The van der Waals surface area contributed by atoms with Crippen molar-refractivity contribution in [2.45, 2.75) is 57.4 Å². The fourth-order valence-electron chi connectivity index (χ4n) is 4.53. The standard InChI is InChI=1S/C24H28N4O3.C2HF3O2/c1-17-8-2-3-10-19(17)23(30)28-15-7-12-21(28)24(31)27-14-6-11-20(27)22(29)26-16-18-9-4-5-13-25-18;3-2(4,5)1(6)7/h2-5,8-10,13,20-21H,6-7,11-12,14-16H2,1H3,(H,26,29);(H,6,7)/t20-,21-;/m0./s1. The van der Waals surface area contributed by atoms with Crippen molar-refractivity contribution in [2.24, 2.45) is 0 Å². The van der Waals surface area contributed by atoms with E-state index < -0.39 is 24.2 Å². The molecule has 0 unspecified atom stereocenters. The van der Waals surface area contributed by atoms with Gasteiger partial charge in [-0.25, -0.2) is 4.79 Å². The number of aromatic nitrogens is 1. The number of halogens is 3. The Labute approximate surface area is 217 Å². The lowest BCUT2D eigenvalue weighted by Gasteiger charge is -2.31. The number of carbonyl (C=O) groups excluding carboxylic acids is 3. The molecule has 1 aromatic heterocycles. The van der Waals surface area contributed by atoms with Crippen LogP contribution >= 0.6 is 0 Å². The maximum Gasteiger partial charge on any atom is 0.490 e. The third-order valence-corrected chi connectivity index (χ3v) is 6.43. The Hall–Kier alpha value is -3.96. The summed E-state index contributed by atoms with van der Waals surface area (Å²) in [6.07, 6.45) is -0.551. The molecule has 2 fully saturated rings. The second kappa shape index (κ2) is 12.5. The van der Waals surface area contributed by atoms with E-state index in [-0.39, 0.29) is 17.7 Å². The number of hydrogen-bond acceptors (Lipinski definition) is 5. The van der Waals surface area contributed by atoms with Gasteiger partial charge >= 0.3 is 12.1 Å². The van der Waals surface area contributed by atoms with Crippen molar-refractivity contribution in [3.05, 3.63) is 65.5 Å². The molecular weight excluding hydrogens is 505 g/mol. The molecule has 3 heterocycles. The van der Waals surface area contributed by atoms with Crippen LogP contribution in [0.2, 0.25) is 0 Å². The van der Waals surface area contributed by atoms with Crippen molar-refractivity contribution in [3.8, 4) is 0 Å². The number of rotatable bonds is 5. The largest absolute Gasteiger partial charge is 0.490 e. The van der Waals surface area contributed by atoms with Crippen LogP contribution in [0.5, 0.6) is 0 Å².